The lowest BCUT2D eigenvalue weighted by Crippen LogP contribution is -2.53. The minimum Gasteiger partial charge on any atom is -0.444 e. The van der Waals surface area contributed by atoms with Crippen molar-refractivity contribution in [2.24, 2.45) is 5.73 Å². The van der Waals surface area contributed by atoms with Gasteiger partial charge in [0.2, 0.25) is 17.7 Å². The normalized spacial score (nSPS) is 12.7. The third-order valence-corrected chi connectivity index (χ3v) is 4.78. The van der Waals surface area contributed by atoms with Gasteiger partial charge in [-0.1, -0.05) is 49.8 Å². The maximum absolute atomic E-state index is 13.7. The van der Waals surface area contributed by atoms with E-state index in [1.807, 2.05) is 13.0 Å². The highest BCUT2D eigenvalue weighted by Gasteiger charge is 2.35. The first kappa shape index (κ1) is 28.7. The van der Waals surface area contributed by atoms with E-state index in [-0.39, 0.29) is 25.3 Å². The second-order valence-electron chi connectivity index (χ2n) is 8.94. The first-order valence-corrected chi connectivity index (χ1v) is 11.5. The number of unbranched alkanes of at least 4 members (excludes halogenated alkanes) is 1. The molecule has 34 heavy (non-hydrogen) atoms. The van der Waals surface area contributed by atoms with Gasteiger partial charge in [0.05, 0.1) is 0 Å². The van der Waals surface area contributed by atoms with Gasteiger partial charge in [0, 0.05) is 19.5 Å². The lowest BCUT2D eigenvalue weighted by molar-refractivity contribution is -0.142. The number of nitrogens with zero attached hydrogens (tertiary/aromatic N) is 1. The highest BCUT2D eigenvalue weighted by Crippen LogP contribution is 2.23. The van der Waals surface area contributed by atoms with Crippen LogP contribution in [0, 0.1) is 0 Å². The molecule has 0 saturated carbocycles. The molecule has 0 aromatic heterocycles. The van der Waals surface area contributed by atoms with Gasteiger partial charge in [-0.3, -0.25) is 14.4 Å². The third-order valence-electron chi connectivity index (χ3n) is 4.78. The van der Waals surface area contributed by atoms with E-state index in [2.05, 4.69) is 17.2 Å². The van der Waals surface area contributed by atoms with E-state index < -0.39 is 35.6 Å². The van der Waals surface area contributed by atoms with Crippen molar-refractivity contribution in [1.29, 1.82) is 0 Å². The number of rotatable bonds is 13. The van der Waals surface area contributed by atoms with E-state index in [0.717, 1.165) is 12.8 Å². The summed E-state index contributed by atoms with van der Waals surface area (Å²) < 4.78 is 5.29. The van der Waals surface area contributed by atoms with Crippen molar-refractivity contribution in [3.63, 3.8) is 0 Å². The number of carbonyl (C=O) groups is 4. The van der Waals surface area contributed by atoms with Crippen LogP contribution in [0.1, 0.15) is 65.0 Å². The first-order chi connectivity index (χ1) is 16.0. The molecule has 1 rings (SSSR count). The quantitative estimate of drug-likeness (QED) is 0.299. The second kappa shape index (κ2) is 14.0. The van der Waals surface area contributed by atoms with Crippen molar-refractivity contribution in [2.45, 2.75) is 71.1 Å². The number of nitrogens with two attached hydrogens (primary N) is 1. The number of ether oxygens (including phenoxy) is 1. The monoisotopic (exact) mass is 474 g/mol. The zero-order chi connectivity index (χ0) is 25.7. The molecule has 1 aromatic carbocycles. The van der Waals surface area contributed by atoms with Crippen LogP contribution in [0.3, 0.4) is 0 Å². The molecule has 0 aliphatic rings. The molecule has 0 aliphatic heterocycles. The van der Waals surface area contributed by atoms with Gasteiger partial charge >= 0.3 is 6.09 Å². The van der Waals surface area contributed by atoms with Crippen molar-refractivity contribution in [3.8, 4) is 0 Å². The number of primary amides is 1. The van der Waals surface area contributed by atoms with Gasteiger partial charge in [-0.05, 0) is 39.2 Å². The van der Waals surface area contributed by atoms with Gasteiger partial charge in [-0.25, -0.2) is 4.79 Å². The number of hydrogen-bond acceptors (Lipinski definition) is 5. The predicted octanol–water partition coefficient (Wildman–Crippen LogP) is 2.82. The summed E-state index contributed by atoms with van der Waals surface area (Å²) in [7, 11) is 0. The number of alkyl carbamates (subject to hydrolysis) is 1. The van der Waals surface area contributed by atoms with E-state index >= 15 is 0 Å². The smallest absolute Gasteiger partial charge is 0.408 e. The Morgan fingerprint density at radius 2 is 1.82 bits per heavy atom. The van der Waals surface area contributed by atoms with Gasteiger partial charge in [0.1, 0.15) is 17.7 Å². The number of benzene rings is 1. The SMILES string of the molecule is C=CCN(C(=O)C(CCC(N)=O)NC(=O)OC(C)(C)C)C(C(=O)NCCCC)c1ccccc1. The molecule has 4 N–H and O–H groups in total. The Kier molecular flexibility index (Phi) is 11.8. The van der Waals surface area contributed by atoms with Gasteiger partial charge in [-0.15, -0.1) is 6.58 Å². The summed E-state index contributed by atoms with van der Waals surface area (Å²) in [6.07, 6.45) is 2.22. The van der Waals surface area contributed by atoms with Crippen molar-refractivity contribution < 1.29 is 23.9 Å². The molecule has 0 fully saturated rings. The van der Waals surface area contributed by atoms with Crippen molar-refractivity contribution in [1.82, 2.24) is 15.5 Å². The van der Waals surface area contributed by atoms with Crippen LogP contribution in [-0.4, -0.2) is 53.4 Å². The van der Waals surface area contributed by atoms with Gasteiger partial charge in [-0.2, -0.15) is 0 Å². The second-order valence-corrected chi connectivity index (χ2v) is 8.94. The number of carbonyl (C=O) groups excluding carboxylic acids is 4. The van der Waals surface area contributed by atoms with Gasteiger partial charge < -0.3 is 26.0 Å². The average molecular weight is 475 g/mol. The fourth-order valence-corrected chi connectivity index (χ4v) is 3.25. The zero-order valence-electron chi connectivity index (χ0n) is 20.6. The molecule has 0 bridgehead atoms. The van der Waals surface area contributed by atoms with Crippen molar-refractivity contribution in [3.05, 3.63) is 48.6 Å². The van der Waals surface area contributed by atoms with Crippen LogP contribution in [0.2, 0.25) is 0 Å². The molecule has 1 aromatic rings. The Balaban J connectivity index is 3.32. The molecular weight excluding hydrogens is 436 g/mol. The van der Waals surface area contributed by atoms with Gasteiger partial charge in [0.25, 0.3) is 0 Å². The molecule has 2 unspecified atom stereocenters. The fourth-order valence-electron chi connectivity index (χ4n) is 3.25. The standard InChI is InChI=1S/C25H38N4O5/c1-6-8-16-27-22(31)21(18-12-10-9-11-13-18)29(17-7-2)23(32)19(14-15-20(26)30)28-24(33)34-25(3,4)5/h7,9-13,19,21H,2,6,8,14-17H2,1,3-5H3,(H2,26,30)(H,27,31)(H,28,33). The molecule has 0 saturated heterocycles. The molecule has 0 radical (unpaired) electrons. The van der Waals surface area contributed by atoms with Crippen LogP contribution < -0.4 is 16.4 Å². The van der Waals surface area contributed by atoms with Gasteiger partial charge in [0.15, 0.2) is 0 Å². The maximum atomic E-state index is 13.7. The third kappa shape index (κ3) is 10.1. The molecular formula is C25H38N4O5. The molecule has 4 amide bonds. The summed E-state index contributed by atoms with van der Waals surface area (Å²) in [6.45, 7) is 11.3. The molecule has 188 valence electrons. The van der Waals surface area contributed by atoms with Crippen LogP contribution in [0.25, 0.3) is 0 Å². The number of amides is 4. The van der Waals surface area contributed by atoms with E-state index in [0.29, 0.717) is 12.1 Å². The highest BCUT2D eigenvalue weighted by atomic mass is 16.6. The Labute approximate surface area is 202 Å². The highest BCUT2D eigenvalue weighted by molar-refractivity contribution is 5.92. The van der Waals surface area contributed by atoms with Crippen LogP contribution in [0.4, 0.5) is 4.79 Å². The van der Waals surface area contributed by atoms with Crippen LogP contribution >= 0.6 is 0 Å². The van der Waals surface area contributed by atoms with E-state index in [1.54, 1.807) is 45.0 Å². The summed E-state index contributed by atoms with van der Waals surface area (Å²) >= 11 is 0. The minimum atomic E-state index is -1.13. The lowest BCUT2D eigenvalue weighted by Gasteiger charge is -2.33. The zero-order valence-corrected chi connectivity index (χ0v) is 20.6. The Morgan fingerprint density at radius 3 is 2.35 bits per heavy atom. The average Bonchev–Trinajstić information content (AvgIpc) is 2.75. The molecule has 0 heterocycles. The Hall–Kier alpha value is -3.36. The summed E-state index contributed by atoms with van der Waals surface area (Å²) in [5.74, 6) is -1.51. The summed E-state index contributed by atoms with van der Waals surface area (Å²) in [6, 6.07) is 6.80. The summed E-state index contributed by atoms with van der Waals surface area (Å²) in [5, 5.41) is 5.42. The van der Waals surface area contributed by atoms with Crippen molar-refractivity contribution in [2.75, 3.05) is 13.1 Å². The topological polar surface area (TPSA) is 131 Å². The summed E-state index contributed by atoms with van der Waals surface area (Å²) in [5.41, 5.74) is 5.11. The Bertz CT molecular complexity index is 835. The number of nitrogens with one attached hydrogen (secondary N) is 2. The molecule has 9 heteroatoms. The van der Waals surface area contributed by atoms with E-state index in [9.17, 15) is 19.2 Å². The van der Waals surface area contributed by atoms with E-state index in [4.69, 9.17) is 10.5 Å². The molecule has 0 spiro atoms. The van der Waals surface area contributed by atoms with Crippen molar-refractivity contribution >= 4 is 23.8 Å². The maximum Gasteiger partial charge on any atom is 0.408 e. The molecule has 2 atom stereocenters. The largest absolute Gasteiger partial charge is 0.444 e. The first-order valence-electron chi connectivity index (χ1n) is 11.5. The predicted molar refractivity (Wildman–Crippen MR) is 131 cm³/mol. The summed E-state index contributed by atoms with van der Waals surface area (Å²) in [4.78, 5) is 52.1. The molecule has 9 nitrogen and oxygen atoms in total. The minimum absolute atomic E-state index is 0.0417. The van der Waals surface area contributed by atoms with Crippen LogP contribution in [0.5, 0.6) is 0 Å². The lowest BCUT2D eigenvalue weighted by atomic mass is 10.0. The Morgan fingerprint density at radius 1 is 1.18 bits per heavy atom. The number of hydrogen-bond donors (Lipinski definition) is 3. The van der Waals surface area contributed by atoms with E-state index in [1.165, 1.54) is 11.0 Å². The van der Waals surface area contributed by atoms with Crippen LogP contribution in [0.15, 0.2) is 43.0 Å². The fraction of sp³-hybridized carbons (Fsp3) is 0.520. The van der Waals surface area contributed by atoms with Crippen LogP contribution in [-0.2, 0) is 19.1 Å². The molecule has 0 aliphatic carbocycles.